The molecule has 1 N–H and O–H groups in total. The molecule has 0 radical (unpaired) electrons. The zero-order chi connectivity index (χ0) is 17.5. The van der Waals surface area contributed by atoms with Crippen LogP contribution in [0.5, 0.6) is 5.75 Å². The van der Waals surface area contributed by atoms with Crippen LogP contribution in [0.1, 0.15) is 28.9 Å². The van der Waals surface area contributed by atoms with Gasteiger partial charge in [-0.1, -0.05) is 28.1 Å². The number of rotatable bonds is 6. The van der Waals surface area contributed by atoms with Gasteiger partial charge in [-0.2, -0.15) is 0 Å². The van der Waals surface area contributed by atoms with Crippen LogP contribution in [-0.2, 0) is 9.53 Å². The first-order valence-electron chi connectivity index (χ1n) is 7.35. The Balaban J connectivity index is 1.83. The van der Waals surface area contributed by atoms with Crippen LogP contribution in [-0.4, -0.2) is 25.6 Å². The van der Waals surface area contributed by atoms with E-state index in [0.29, 0.717) is 5.56 Å². The number of methoxy groups -OCH3 is 1. The quantitative estimate of drug-likeness (QED) is 0.765. The van der Waals surface area contributed by atoms with E-state index >= 15 is 0 Å². The van der Waals surface area contributed by atoms with Gasteiger partial charge in [0.25, 0.3) is 5.91 Å². The van der Waals surface area contributed by atoms with Crippen molar-refractivity contribution in [1.29, 1.82) is 0 Å². The lowest BCUT2D eigenvalue weighted by atomic mass is 10.1. The highest BCUT2D eigenvalue weighted by Gasteiger charge is 2.13. The normalized spacial score (nSPS) is 11.5. The standard InChI is InChI=1S/C18H18BrNO4/c1-12(13-5-9-16(23-2)10-6-13)20-17(21)11-24-18(22)14-3-7-15(19)8-4-14/h3-10,12H,11H2,1-2H3,(H,20,21)/t12-/m0/s1. The predicted molar refractivity (Wildman–Crippen MR) is 94.0 cm³/mol. The topological polar surface area (TPSA) is 64.6 Å². The first-order chi connectivity index (χ1) is 11.5. The van der Waals surface area contributed by atoms with Crippen LogP contribution in [0.3, 0.4) is 0 Å². The van der Waals surface area contributed by atoms with Crippen LogP contribution in [0.2, 0.25) is 0 Å². The van der Waals surface area contributed by atoms with Crippen LogP contribution in [0.25, 0.3) is 0 Å². The Labute approximate surface area is 149 Å². The van der Waals surface area contributed by atoms with Crippen molar-refractivity contribution < 1.29 is 19.1 Å². The third kappa shape index (κ3) is 5.09. The molecule has 0 saturated carbocycles. The van der Waals surface area contributed by atoms with E-state index in [2.05, 4.69) is 21.2 Å². The number of halogens is 1. The van der Waals surface area contributed by atoms with Crippen molar-refractivity contribution in [2.45, 2.75) is 13.0 Å². The van der Waals surface area contributed by atoms with Gasteiger partial charge in [-0.3, -0.25) is 4.79 Å². The molecule has 0 aliphatic heterocycles. The minimum absolute atomic E-state index is 0.199. The molecule has 0 fully saturated rings. The number of esters is 1. The molecule has 6 heteroatoms. The molecule has 0 aliphatic carbocycles. The summed E-state index contributed by atoms with van der Waals surface area (Å²) in [5.41, 5.74) is 1.33. The van der Waals surface area contributed by atoms with E-state index in [1.807, 2.05) is 31.2 Å². The Morgan fingerprint density at radius 2 is 1.71 bits per heavy atom. The maximum absolute atomic E-state index is 11.9. The molecule has 126 valence electrons. The number of ether oxygens (including phenoxy) is 2. The molecule has 0 heterocycles. The number of hydrogen-bond donors (Lipinski definition) is 1. The van der Waals surface area contributed by atoms with Gasteiger partial charge in [-0.05, 0) is 48.9 Å². The minimum Gasteiger partial charge on any atom is -0.497 e. The fourth-order valence-corrected chi connectivity index (χ4v) is 2.32. The van der Waals surface area contributed by atoms with Crippen molar-refractivity contribution in [1.82, 2.24) is 5.32 Å². The number of hydrogen-bond acceptors (Lipinski definition) is 4. The summed E-state index contributed by atoms with van der Waals surface area (Å²) in [6.45, 7) is 1.53. The summed E-state index contributed by atoms with van der Waals surface area (Å²) in [5.74, 6) is -0.140. The number of carbonyl (C=O) groups excluding carboxylic acids is 2. The van der Waals surface area contributed by atoms with Crippen molar-refractivity contribution in [2.24, 2.45) is 0 Å². The van der Waals surface area contributed by atoms with E-state index in [9.17, 15) is 9.59 Å². The summed E-state index contributed by atoms with van der Waals surface area (Å²) in [6, 6.07) is 13.9. The van der Waals surface area contributed by atoms with Gasteiger partial charge in [-0.25, -0.2) is 4.79 Å². The van der Waals surface area contributed by atoms with Gasteiger partial charge in [0.2, 0.25) is 0 Å². The molecule has 5 nitrogen and oxygen atoms in total. The molecule has 1 amide bonds. The molecule has 0 spiro atoms. The smallest absolute Gasteiger partial charge is 0.338 e. The Morgan fingerprint density at radius 3 is 2.29 bits per heavy atom. The Kier molecular flexibility index (Phi) is 6.37. The second-order valence-corrected chi connectivity index (χ2v) is 6.06. The van der Waals surface area contributed by atoms with Gasteiger partial charge in [0, 0.05) is 4.47 Å². The van der Waals surface area contributed by atoms with E-state index in [1.54, 1.807) is 31.4 Å². The average Bonchev–Trinajstić information content (AvgIpc) is 2.60. The second kappa shape index (κ2) is 8.49. The highest BCUT2D eigenvalue weighted by molar-refractivity contribution is 9.10. The second-order valence-electron chi connectivity index (χ2n) is 5.15. The van der Waals surface area contributed by atoms with Crippen LogP contribution in [0.15, 0.2) is 53.0 Å². The first-order valence-corrected chi connectivity index (χ1v) is 8.15. The summed E-state index contributed by atoms with van der Waals surface area (Å²) >= 11 is 3.29. The Morgan fingerprint density at radius 1 is 1.08 bits per heavy atom. The SMILES string of the molecule is COc1ccc([C@H](C)NC(=O)COC(=O)c2ccc(Br)cc2)cc1. The lowest BCUT2D eigenvalue weighted by Gasteiger charge is -2.15. The monoisotopic (exact) mass is 391 g/mol. The van der Waals surface area contributed by atoms with E-state index in [-0.39, 0.29) is 18.6 Å². The molecule has 0 saturated heterocycles. The van der Waals surface area contributed by atoms with Gasteiger partial charge in [0.1, 0.15) is 5.75 Å². The number of benzene rings is 2. The predicted octanol–water partition coefficient (Wildman–Crippen LogP) is 3.49. The van der Waals surface area contributed by atoms with Crippen molar-refractivity contribution in [3.63, 3.8) is 0 Å². The van der Waals surface area contributed by atoms with E-state index < -0.39 is 5.97 Å². The fraction of sp³-hybridized carbons (Fsp3) is 0.222. The summed E-state index contributed by atoms with van der Waals surface area (Å²) in [7, 11) is 1.60. The maximum atomic E-state index is 11.9. The fourth-order valence-electron chi connectivity index (χ4n) is 2.06. The van der Waals surface area contributed by atoms with Crippen molar-refractivity contribution in [3.8, 4) is 5.75 Å². The molecular formula is C18H18BrNO4. The summed E-state index contributed by atoms with van der Waals surface area (Å²) < 4.78 is 11.0. The highest BCUT2D eigenvalue weighted by Crippen LogP contribution is 2.17. The Bertz CT molecular complexity index is 698. The number of nitrogens with one attached hydrogen (secondary N) is 1. The Hall–Kier alpha value is -2.34. The van der Waals surface area contributed by atoms with Crippen LogP contribution >= 0.6 is 15.9 Å². The molecule has 2 aromatic rings. The lowest BCUT2D eigenvalue weighted by molar-refractivity contribution is -0.124. The molecule has 24 heavy (non-hydrogen) atoms. The van der Waals surface area contributed by atoms with Crippen molar-refractivity contribution in [2.75, 3.05) is 13.7 Å². The molecule has 0 bridgehead atoms. The van der Waals surface area contributed by atoms with Crippen molar-refractivity contribution in [3.05, 3.63) is 64.1 Å². The first kappa shape index (κ1) is 18.0. The molecule has 0 aromatic heterocycles. The largest absolute Gasteiger partial charge is 0.497 e. The molecule has 0 aliphatic rings. The highest BCUT2D eigenvalue weighted by atomic mass is 79.9. The number of amides is 1. The van der Waals surface area contributed by atoms with E-state index in [0.717, 1.165) is 15.8 Å². The molecule has 2 aromatic carbocycles. The van der Waals surface area contributed by atoms with Crippen LogP contribution < -0.4 is 10.1 Å². The average molecular weight is 392 g/mol. The van der Waals surface area contributed by atoms with E-state index in [1.165, 1.54) is 0 Å². The molecule has 1 atom stereocenters. The maximum Gasteiger partial charge on any atom is 0.338 e. The summed E-state index contributed by atoms with van der Waals surface area (Å²) in [6.07, 6.45) is 0. The third-order valence-electron chi connectivity index (χ3n) is 3.41. The molecule has 0 unspecified atom stereocenters. The van der Waals surface area contributed by atoms with Gasteiger partial charge < -0.3 is 14.8 Å². The van der Waals surface area contributed by atoms with Crippen LogP contribution in [0.4, 0.5) is 0 Å². The molecular weight excluding hydrogens is 374 g/mol. The third-order valence-corrected chi connectivity index (χ3v) is 3.94. The lowest BCUT2D eigenvalue weighted by Crippen LogP contribution is -2.31. The van der Waals surface area contributed by atoms with Gasteiger partial charge in [-0.15, -0.1) is 0 Å². The summed E-state index contributed by atoms with van der Waals surface area (Å²) in [4.78, 5) is 23.8. The van der Waals surface area contributed by atoms with Gasteiger partial charge >= 0.3 is 5.97 Å². The zero-order valence-electron chi connectivity index (χ0n) is 13.4. The zero-order valence-corrected chi connectivity index (χ0v) is 15.0. The van der Waals surface area contributed by atoms with Crippen molar-refractivity contribution >= 4 is 27.8 Å². The van der Waals surface area contributed by atoms with Crippen LogP contribution in [0, 0.1) is 0 Å². The number of carbonyl (C=O) groups is 2. The van der Waals surface area contributed by atoms with E-state index in [4.69, 9.17) is 9.47 Å². The molecule has 2 rings (SSSR count). The van der Waals surface area contributed by atoms with Gasteiger partial charge in [0.15, 0.2) is 6.61 Å². The van der Waals surface area contributed by atoms with Gasteiger partial charge in [0.05, 0.1) is 18.7 Å². The minimum atomic E-state index is -0.533. The summed E-state index contributed by atoms with van der Waals surface area (Å²) in [5, 5.41) is 2.79.